The highest BCUT2D eigenvalue weighted by atomic mass is 16.3. The van der Waals surface area contributed by atoms with Crippen LogP contribution in [-0.2, 0) is 0 Å². The van der Waals surface area contributed by atoms with Gasteiger partial charge < -0.3 is 10.2 Å². The number of furan rings is 1. The fourth-order valence-electron chi connectivity index (χ4n) is 1.51. The average molecular weight is 173 g/mol. The van der Waals surface area contributed by atoms with Crippen LogP contribution in [-0.4, -0.2) is 9.38 Å². The zero-order chi connectivity index (χ0) is 8.84. The number of hydrogen-bond acceptors (Lipinski definition) is 3. The van der Waals surface area contributed by atoms with Crippen LogP contribution < -0.4 is 5.73 Å². The maximum absolute atomic E-state index is 5.65. The Bertz CT molecular complexity index is 579. The van der Waals surface area contributed by atoms with Crippen molar-refractivity contribution in [2.45, 2.75) is 0 Å². The molecule has 0 aliphatic carbocycles. The van der Waals surface area contributed by atoms with E-state index in [1.54, 1.807) is 16.9 Å². The highest BCUT2D eigenvalue weighted by molar-refractivity contribution is 5.91. The fourth-order valence-corrected chi connectivity index (χ4v) is 1.51. The first-order valence-corrected chi connectivity index (χ1v) is 3.95. The van der Waals surface area contributed by atoms with Crippen molar-refractivity contribution in [2.75, 3.05) is 5.73 Å². The normalized spacial score (nSPS) is 11.4. The Labute approximate surface area is 73.6 Å². The molecule has 3 heterocycles. The van der Waals surface area contributed by atoms with Crippen molar-refractivity contribution in [3.63, 3.8) is 0 Å². The average Bonchev–Trinajstić information content (AvgIpc) is 2.70. The third kappa shape index (κ3) is 0.717. The van der Waals surface area contributed by atoms with Crippen molar-refractivity contribution in [1.82, 2.24) is 9.38 Å². The van der Waals surface area contributed by atoms with E-state index in [0.29, 0.717) is 5.95 Å². The Morgan fingerprint density at radius 2 is 2.31 bits per heavy atom. The zero-order valence-corrected chi connectivity index (χ0v) is 6.77. The van der Waals surface area contributed by atoms with E-state index in [-0.39, 0.29) is 0 Å². The maximum Gasteiger partial charge on any atom is 0.204 e. The summed E-state index contributed by atoms with van der Waals surface area (Å²) in [5, 5.41) is 1.06. The molecule has 0 atom stereocenters. The van der Waals surface area contributed by atoms with E-state index in [9.17, 15) is 0 Å². The number of anilines is 1. The van der Waals surface area contributed by atoms with Crippen LogP contribution in [0.1, 0.15) is 0 Å². The van der Waals surface area contributed by atoms with Crippen LogP contribution in [0.3, 0.4) is 0 Å². The van der Waals surface area contributed by atoms with Crippen molar-refractivity contribution in [2.24, 2.45) is 0 Å². The number of hydrogen-bond donors (Lipinski definition) is 1. The molecule has 0 aliphatic heterocycles. The van der Waals surface area contributed by atoms with Gasteiger partial charge >= 0.3 is 0 Å². The molecule has 0 bridgehead atoms. The molecular weight excluding hydrogens is 166 g/mol. The number of aromatic nitrogens is 2. The van der Waals surface area contributed by atoms with Crippen LogP contribution in [0.15, 0.2) is 35.2 Å². The minimum atomic E-state index is 0.480. The molecule has 0 aromatic carbocycles. The zero-order valence-electron chi connectivity index (χ0n) is 6.77. The van der Waals surface area contributed by atoms with Crippen molar-refractivity contribution in [1.29, 1.82) is 0 Å². The van der Waals surface area contributed by atoms with Gasteiger partial charge in [0.1, 0.15) is 5.52 Å². The molecule has 0 saturated carbocycles. The van der Waals surface area contributed by atoms with Crippen LogP contribution in [0.2, 0.25) is 0 Å². The summed E-state index contributed by atoms with van der Waals surface area (Å²) in [6.45, 7) is 0. The standard InChI is InChI=1S/C9H7N3O/c10-9-11-5-7-8-6(2-4-13-8)1-3-12(7)9/h1-5H,(H2,10,11). The molecule has 4 nitrogen and oxygen atoms in total. The summed E-state index contributed by atoms with van der Waals surface area (Å²) in [6.07, 6.45) is 5.25. The number of imidazole rings is 1. The lowest BCUT2D eigenvalue weighted by Gasteiger charge is -1.95. The molecule has 0 spiro atoms. The Balaban J connectivity index is 2.66. The summed E-state index contributed by atoms with van der Waals surface area (Å²) in [7, 11) is 0. The first-order valence-electron chi connectivity index (χ1n) is 3.95. The molecule has 64 valence electrons. The van der Waals surface area contributed by atoms with E-state index < -0.39 is 0 Å². The highest BCUT2D eigenvalue weighted by Crippen LogP contribution is 2.22. The van der Waals surface area contributed by atoms with Crippen LogP contribution in [0.25, 0.3) is 16.5 Å². The fraction of sp³-hybridized carbons (Fsp3) is 0. The number of pyridine rings is 1. The molecule has 2 N–H and O–H groups in total. The number of nitrogens with zero attached hydrogens (tertiary/aromatic N) is 2. The summed E-state index contributed by atoms with van der Waals surface area (Å²) in [5.74, 6) is 0.480. The van der Waals surface area contributed by atoms with Crippen molar-refractivity contribution >= 4 is 22.4 Å². The molecule has 3 aromatic rings. The Morgan fingerprint density at radius 3 is 3.23 bits per heavy atom. The first-order chi connectivity index (χ1) is 6.36. The molecule has 13 heavy (non-hydrogen) atoms. The first kappa shape index (κ1) is 6.54. The molecular formula is C9H7N3O. The number of nitrogen functional groups attached to an aromatic ring is 1. The van der Waals surface area contributed by atoms with Crippen molar-refractivity contribution in [3.8, 4) is 0 Å². The van der Waals surface area contributed by atoms with E-state index in [2.05, 4.69) is 4.98 Å². The number of fused-ring (bicyclic) bond motifs is 3. The van der Waals surface area contributed by atoms with Crippen LogP contribution in [0, 0.1) is 0 Å². The van der Waals surface area contributed by atoms with E-state index in [1.807, 2.05) is 18.3 Å². The lowest BCUT2D eigenvalue weighted by atomic mass is 10.3. The third-order valence-corrected chi connectivity index (χ3v) is 2.16. The second-order valence-corrected chi connectivity index (χ2v) is 2.89. The second-order valence-electron chi connectivity index (χ2n) is 2.89. The maximum atomic E-state index is 5.65. The molecule has 0 fully saturated rings. The molecule has 0 unspecified atom stereocenters. The predicted octanol–water partition coefficient (Wildman–Crippen LogP) is 1.66. The van der Waals surface area contributed by atoms with Crippen LogP contribution >= 0.6 is 0 Å². The van der Waals surface area contributed by atoms with Crippen molar-refractivity contribution in [3.05, 3.63) is 30.8 Å². The van der Waals surface area contributed by atoms with E-state index in [4.69, 9.17) is 10.2 Å². The van der Waals surface area contributed by atoms with Gasteiger partial charge in [0.25, 0.3) is 0 Å². The van der Waals surface area contributed by atoms with Gasteiger partial charge in [0.15, 0.2) is 5.58 Å². The Morgan fingerprint density at radius 1 is 1.38 bits per heavy atom. The smallest absolute Gasteiger partial charge is 0.204 e. The summed E-state index contributed by atoms with van der Waals surface area (Å²) < 4.78 is 7.13. The molecule has 0 radical (unpaired) electrons. The van der Waals surface area contributed by atoms with Crippen LogP contribution in [0.4, 0.5) is 5.95 Å². The van der Waals surface area contributed by atoms with Gasteiger partial charge in [0.2, 0.25) is 5.95 Å². The van der Waals surface area contributed by atoms with Gasteiger partial charge in [-0.25, -0.2) is 4.98 Å². The molecule has 4 heteroatoms. The van der Waals surface area contributed by atoms with Gasteiger partial charge in [-0.15, -0.1) is 0 Å². The minimum absolute atomic E-state index is 0.480. The van der Waals surface area contributed by atoms with Gasteiger partial charge in [-0.2, -0.15) is 0 Å². The lowest BCUT2D eigenvalue weighted by molar-refractivity contribution is 0.617. The van der Waals surface area contributed by atoms with E-state index >= 15 is 0 Å². The number of rotatable bonds is 0. The molecule has 0 saturated heterocycles. The quantitative estimate of drug-likeness (QED) is 0.562. The summed E-state index contributed by atoms with van der Waals surface area (Å²) in [4.78, 5) is 4.01. The third-order valence-electron chi connectivity index (χ3n) is 2.16. The molecule has 3 rings (SSSR count). The topological polar surface area (TPSA) is 56.5 Å². The molecule has 0 amide bonds. The van der Waals surface area contributed by atoms with Gasteiger partial charge in [-0.3, -0.25) is 4.40 Å². The Hall–Kier alpha value is -1.97. The lowest BCUT2D eigenvalue weighted by Crippen LogP contribution is -1.92. The van der Waals surface area contributed by atoms with Gasteiger partial charge in [-0.05, 0) is 12.1 Å². The summed E-state index contributed by atoms with van der Waals surface area (Å²) in [6, 6.07) is 3.86. The van der Waals surface area contributed by atoms with Crippen LogP contribution in [0.5, 0.6) is 0 Å². The second kappa shape index (κ2) is 2.04. The SMILES string of the molecule is Nc1ncc2c3occc3ccn12. The van der Waals surface area contributed by atoms with Crippen molar-refractivity contribution < 1.29 is 4.42 Å². The Kier molecular flexibility index (Phi) is 1.02. The van der Waals surface area contributed by atoms with Gasteiger partial charge in [0.05, 0.1) is 12.5 Å². The molecule has 3 aromatic heterocycles. The summed E-state index contributed by atoms with van der Waals surface area (Å²) in [5.41, 5.74) is 7.37. The van der Waals surface area contributed by atoms with Gasteiger partial charge in [0, 0.05) is 11.6 Å². The van der Waals surface area contributed by atoms with E-state index in [1.165, 1.54) is 0 Å². The number of nitrogens with two attached hydrogens (primary N) is 1. The predicted molar refractivity (Wildman–Crippen MR) is 49.4 cm³/mol. The highest BCUT2D eigenvalue weighted by Gasteiger charge is 2.05. The largest absolute Gasteiger partial charge is 0.462 e. The minimum Gasteiger partial charge on any atom is -0.462 e. The summed E-state index contributed by atoms with van der Waals surface area (Å²) >= 11 is 0. The van der Waals surface area contributed by atoms with Gasteiger partial charge in [-0.1, -0.05) is 0 Å². The van der Waals surface area contributed by atoms with E-state index in [0.717, 1.165) is 16.5 Å². The monoisotopic (exact) mass is 173 g/mol. The molecule has 0 aliphatic rings.